The number of benzene rings is 1. The van der Waals surface area contributed by atoms with Crippen LogP contribution in [-0.2, 0) is 9.59 Å². The summed E-state index contributed by atoms with van der Waals surface area (Å²) in [6, 6.07) is 9.98. The predicted octanol–water partition coefficient (Wildman–Crippen LogP) is 2.09. The van der Waals surface area contributed by atoms with Gasteiger partial charge in [-0.05, 0) is 44.2 Å². The van der Waals surface area contributed by atoms with E-state index >= 15 is 0 Å². The highest BCUT2D eigenvalue weighted by Gasteiger charge is 2.43. The molecule has 0 radical (unpaired) electrons. The first-order chi connectivity index (χ1) is 12.3. The third-order valence-corrected chi connectivity index (χ3v) is 5.93. The number of hydrogen-bond donors (Lipinski definition) is 1. The summed E-state index contributed by atoms with van der Waals surface area (Å²) >= 11 is 0. The minimum Gasteiger partial charge on any atom is -0.333 e. The fourth-order valence-corrected chi connectivity index (χ4v) is 4.67. The van der Waals surface area contributed by atoms with Crippen LogP contribution in [0.25, 0.3) is 0 Å². The lowest BCUT2D eigenvalue weighted by Crippen LogP contribution is -2.51. The van der Waals surface area contributed by atoms with Crippen molar-refractivity contribution in [3.05, 3.63) is 35.9 Å². The highest BCUT2D eigenvalue weighted by atomic mass is 16.2. The quantitative estimate of drug-likeness (QED) is 0.916. The Kier molecular flexibility index (Phi) is 4.75. The molecule has 5 nitrogen and oxygen atoms in total. The van der Waals surface area contributed by atoms with E-state index in [0.29, 0.717) is 19.0 Å². The molecule has 0 saturated carbocycles. The molecule has 0 aromatic heterocycles. The molecule has 5 heteroatoms. The number of nitrogens with one attached hydrogen (secondary N) is 1. The van der Waals surface area contributed by atoms with Crippen molar-refractivity contribution in [2.75, 3.05) is 19.6 Å². The molecule has 1 N–H and O–H groups in total. The zero-order valence-corrected chi connectivity index (χ0v) is 14.7. The number of piperidine rings is 1. The van der Waals surface area contributed by atoms with Crippen molar-refractivity contribution in [1.29, 1.82) is 0 Å². The van der Waals surface area contributed by atoms with E-state index in [9.17, 15) is 9.59 Å². The minimum atomic E-state index is -0.463. The van der Waals surface area contributed by atoms with Gasteiger partial charge in [0, 0.05) is 31.6 Å². The van der Waals surface area contributed by atoms with Crippen LogP contribution in [0.3, 0.4) is 0 Å². The van der Waals surface area contributed by atoms with Crippen molar-refractivity contribution >= 4 is 11.8 Å². The number of likely N-dealkylation sites (tertiary alicyclic amines) is 1. The number of rotatable bonds is 3. The molecule has 2 bridgehead atoms. The summed E-state index contributed by atoms with van der Waals surface area (Å²) in [6.07, 6.45) is 5.65. The van der Waals surface area contributed by atoms with Crippen molar-refractivity contribution in [1.82, 2.24) is 15.1 Å². The van der Waals surface area contributed by atoms with E-state index in [1.807, 2.05) is 35.2 Å². The van der Waals surface area contributed by atoms with Gasteiger partial charge in [0.2, 0.25) is 5.91 Å². The third kappa shape index (κ3) is 3.17. The average molecular weight is 341 g/mol. The van der Waals surface area contributed by atoms with Crippen LogP contribution < -0.4 is 5.32 Å². The van der Waals surface area contributed by atoms with Gasteiger partial charge in [-0.15, -0.1) is 0 Å². The highest BCUT2D eigenvalue weighted by molar-refractivity contribution is 5.89. The van der Waals surface area contributed by atoms with Gasteiger partial charge in [-0.25, -0.2) is 0 Å². The van der Waals surface area contributed by atoms with Crippen molar-refractivity contribution in [2.45, 2.75) is 56.7 Å². The van der Waals surface area contributed by atoms with Crippen LogP contribution in [0.5, 0.6) is 0 Å². The summed E-state index contributed by atoms with van der Waals surface area (Å²) in [5.74, 6) is 0.242. The first-order valence-electron chi connectivity index (χ1n) is 9.63. The Morgan fingerprint density at radius 2 is 1.88 bits per heavy atom. The number of carbonyl (C=O) groups is 2. The Morgan fingerprint density at radius 1 is 1.08 bits per heavy atom. The summed E-state index contributed by atoms with van der Waals surface area (Å²) in [6.45, 7) is 2.53. The smallest absolute Gasteiger partial charge is 0.250 e. The van der Waals surface area contributed by atoms with Gasteiger partial charge >= 0.3 is 0 Å². The zero-order valence-electron chi connectivity index (χ0n) is 14.7. The Bertz CT molecular complexity index is 619. The summed E-state index contributed by atoms with van der Waals surface area (Å²) in [7, 11) is 0. The van der Waals surface area contributed by atoms with Crippen LogP contribution >= 0.6 is 0 Å². The predicted molar refractivity (Wildman–Crippen MR) is 95.9 cm³/mol. The van der Waals surface area contributed by atoms with Gasteiger partial charge in [-0.2, -0.15) is 0 Å². The van der Waals surface area contributed by atoms with Gasteiger partial charge in [0.1, 0.15) is 6.04 Å². The van der Waals surface area contributed by atoms with Gasteiger partial charge in [0.25, 0.3) is 5.91 Å². The topological polar surface area (TPSA) is 52.7 Å². The first-order valence-corrected chi connectivity index (χ1v) is 9.63. The largest absolute Gasteiger partial charge is 0.333 e. The van der Waals surface area contributed by atoms with Gasteiger partial charge in [-0.1, -0.05) is 30.3 Å². The fourth-order valence-electron chi connectivity index (χ4n) is 4.67. The molecule has 134 valence electrons. The Morgan fingerprint density at radius 3 is 2.68 bits per heavy atom. The van der Waals surface area contributed by atoms with Crippen LogP contribution in [-0.4, -0.2) is 53.3 Å². The molecule has 0 spiro atoms. The second-order valence-electron chi connectivity index (χ2n) is 7.48. The zero-order chi connectivity index (χ0) is 17.2. The van der Waals surface area contributed by atoms with E-state index < -0.39 is 6.04 Å². The first kappa shape index (κ1) is 16.6. The molecular weight excluding hydrogens is 314 g/mol. The molecule has 3 unspecified atom stereocenters. The van der Waals surface area contributed by atoms with Crippen molar-refractivity contribution in [3.8, 4) is 0 Å². The standard InChI is InChI=1S/C20H27N3O2/c24-18-8-4-5-13-22(18)19(15-6-2-1-3-7-15)20(25)23-16-9-10-17(23)14-21-12-11-16/h1-3,6-7,16-17,19,21H,4-5,8-14H2. The molecule has 2 amide bonds. The summed E-state index contributed by atoms with van der Waals surface area (Å²) in [4.78, 5) is 30.2. The molecule has 4 rings (SSSR count). The Labute approximate surface area is 149 Å². The molecule has 0 aliphatic carbocycles. The molecule has 3 heterocycles. The number of nitrogens with zero attached hydrogens (tertiary/aromatic N) is 2. The number of fused-ring (bicyclic) bond motifs is 2. The molecule has 3 saturated heterocycles. The SMILES string of the molecule is O=C1CCCCN1C(C(=O)N1C2CCNCC1CC2)c1ccccc1. The monoisotopic (exact) mass is 341 g/mol. The van der Waals surface area contributed by atoms with Gasteiger partial charge in [0.05, 0.1) is 0 Å². The number of amides is 2. The van der Waals surface area contributed by atoms with Crippen LogP contribution in [0.1, 0.15) is 50.1 Å². The highest BCUT2D eigenvalue weighted by Crippen LogP contribution is 2.34. The number of hydrogen-bond acceptors (Lipinski definition) is 3. The van der Waals surface area contributed by atoms with Crippen LogP contribution in [0.4, 0.5) is 0 Å². The van der Waals surface area contributed by atoms with E-state index in [2.05, 4.69) is 10.2 Å². The third-order valence-electron chi connectivity index (χ3n) is 5.93. The van der Waals surface area contributed by atoms with E-state index in [0.717, 1.165) is 50.8 Å². The lowest BCUT2D eigenvalue weighted by molar-refractivity contribution is -0.149. The summed E-state index contributed by atoms with van der Waals surface area (Å²) < 4.78 is 0. The maximum absolute atomic E-state index is 13.7. The van der Waals surface area contributed by atoms with Crippen molar-refractivity contribution < 1.29 is 9.59 Å². The molecule has 3 aliphatic heterocycles. The van der Waals surface area contributed by atoms with Gasteiger partial charge in [0.15, 0.2) is 0 Å². The maximum Gasteiger partial charge on any atom is 0.250 e. The lowest BCUT2D eigenvalue weighted by atomic mass is 9.99. The molecule has 1 aromatic carbocycles. The van der Waals surface area contributed by atoms with Crippen LogP contribution in [0.15, 0.2) is 30.3 Å². The molecular formula is C20H27N3O2. The second kappa shape index (κ2) is 7.16. The van der Waals surface area contributed by atoms with Crippen LogP contribution in [0, 0.1) is 0 Å². The lowest BCUT2D eigenvalue weighted by Gasteiger charge is -2.39. The molecule has 25 heavy (non-hydrogen) atoms. The molecule has 3 atom stereocenters. The van der Waals surface area contributed by atoms with Gasteiger partial charge in [-0.3, -0.25) is 9.59 Å². The Balaban J connectivity index is 1.67. The van der Waals surface area contributed by atoms with E-state index in [-0.39, 0.29) is 17.9 Å². The molecule has 1 aromatic rings. The summed E-state index contributed by atoms with van der Waals surface area (Å²) in [5.41, 5.74) is 0.944. The van der Waals surface area contributed by atoms with Crippen molar-refractivity contribution in [3.63, 3.8) is 0 Å². The minimum absolute atomic E-state index is 0.119. The summed E-state index contributed by atoms with van der Waals surface area (Å²) in [5, 5.41) is 3.46. The van der Waals surface area contributed by atoms with Gasteiger partial charge < -0.3 is 15.1 Å². The molecule has 3 aliphatic rings. The van der Waals surface area contributed by atoms with Crippen molar-refractivity contribution in [2.24, 2.45) is 0 Å². The van der Waals surface area contributed by atoms with Crippen LogP contribution in [0.2, 0.25) is 0 Å². The Hall–Kier alpha value is -1.88. The normalized spacial score (nSPS) is 27.9. The fraction of sp³-hybridized carbons (Fsp3) is 0.600. The van der Waals surface area contributed by atoms with E-state index in [1.165, 1.54) is 0 Å². The van der Waals surface area contributed by atoms with E-state index in [1.54, 1.807) is 0 Å². The maximum atomic E-state index is 13.7. The molecule has 3 fully saturated rings. The van der Waals surface area contributed by atoms with E-state index in [4.69, 9.17) is 0 Å². The average Bonchev–Trinajstić information content (AvgIpc) is 2.90. The number of carbonyl (C=O) groups excluding carboxylic acids is 2. The second-order valence-corrected chi connectivity index (χ2v) is 7.48.